The Hall–Kier alpha value is -1.06. The maximum Gasteiger partial charge on any atom is 0.118 e. The van der Waals surface area contributed by atoms with Gasteiger partial charge >= 0.3 is 0 Å². The molecule has 0 bridgehead atoms. The Morgan fingerprint density at radius 2 is 2.00 bits per heavy atom. The van der Waals surface area contributed by atoms with Gasteiger partial charge in [0.2, 0.25) is 0 Å². The highest BCUT2D eigenvalue weighted by molar-refractivity contribution is 5.29. The fourth-order valence-electron chi connectivity index (χ4n) is 2.95. The van der Waals surface area contributed by atoms with Gasteiger partial charge in [-0.2, -0.15) is 0 Å². The molecule has 1 saturated carbocycles. The summed E-state index contributed by atoms with van der Waals surface area (Å²) in [5.74, 6) is 8.02. The lowest BCUT2D eigenvalue weighted by atomic mass is 9.86. The van der Waals surface area contributed by atoms with Gasteiger partial charge in [-0.05, 0) is 36.0 Å². The number of ether oxygens (including phenoxy) is 1. The molecule has 2 rings (SSSR count). The first-order valence-electron chi connectivity index (χ1n) is 6.36. The molecule has 0 saturated heterocycles. The van der Waals surface area contributed by atoms with Crippen LogP contribution in [0.4, 0.5) is 0 Å². The van der Waals surface area contributed by atoms with Crippen molar-refractivity contribution in [1.82, 2.24) is 5.43 Å². The van der Waals surface area contributed by atoms with Crippen LogP contribution in [0.1, 0.15) is 37.8 Å². The van der Waals surface area contributed by atoms with Gasteiger partial charge in [-0.15, -0.1) is 0 Å². The minimum absolute atomic E-state index is 0.262. The average molecular weight is 234 g/mol. The van der Waals surface area contributed by atoms with Crippen molar-refractivity contribution < 1.29 is 4.74 Å². The number of nitrogens with two attached hydrogens (primary N) is 1. The molecular formula is C14H22N2O. The maximum absolute atomic E-state index is 5.74. The van der Waals surface area contributed by atoms with E-state index in [4.69, 9.17) is 10.6 Å². The van der Waals surface area contributed by atoms with E-state index in [9.17, 15) is 0 Å². The highest BCUT2D eigenvalue weighted by atomic mass is 16.5. The van der Waals surface area contributed by atoms with Crippen LogP contribution in [0.5, 0.6) is 5.75 Å². The molecule has 1 aliphatic rings. The lowest BCUT2D eigenvalue weighted by Gasteiger charge is -2.26. The first-order valence-corrected chi connectivity index (χ1v) is 6.36. The Kier molecular flexibility index (Phi) is 4.02. The minimum Gasteiger partial charge on any atom is -0.497 e. The Balaban J connectivity index is 2.16. The molecular weight excluding hydrogens is 212 g/mol. The molecule has 3 unspecified atom stereocenters. The van der Waals surface area contributed by atoms with E-state index in [-0.39, 0.29) is 6.04 Å². The summed E-state index contributed by atoms with van der Waals surface area (Å²) < 4.78 is 5.18. The summed E-state index contributed by atoms with van der Waals surface area (Å²) in [7, 11) is 1.69. The van der Waals surface area contributed by atoms with Crippen molar-refractivity contribution >= 4 is 0 Å². The van der Waals surface area contributed by atoms with Gasteiger partial charge in [0.1, 0.15) is 5.75 Å². The first kappa shape index (κ1) is 12.4. The summed E-state index contributed by atoms with van der Waals surface area (Å²) in [6.45, 7) is 2.32. The van der Waals surface area contributed by atoms with Crippen molar-refractivity contribution in [3.63, 3.8) is 0 Å². The molecule has 1 aromatic rings. The zero-order valence-corrected chi connectivity index (χ0v) is 10.6. The SMILES string of the molecule is COc1ccc(C(NN)C2CCCC2C)cc1. The molecule has 1 aromatic carbocycles. The molecule has 17 heavy (non-hydrogen) atoms. The fraction of sp³-hybridized carbons (Fsp3) is 0.571. The summed E-state index contributed by atoms with van der Waals surface area (Å²) in [6, 6.07) is 8.47. The number of hydrogen-bond donors (Lipinski definition) is 2. The molecule has 3 nitrogen and oxygen atoms in total. The van der Waals surface area contributed by atoms with Gasteiger partial charge in [0.15, 0.2) is 0 Å². The Labute approximate surface area is 103 Å². The van der Waals surface area contributed by atoms with Crippen molar-refractivity contribution in [2.24, 2.45) is 17.7 Å². The molecule has 1 aliphatic carbocycles. The van der Waals surface area contributed by atoms with E-state index in [1.54, 1.807) is 7.11 Å². The van der Waals surface area contributed by atoms with Crippen LogP contribution in [0.3, 0.4) is 0 Å². The van der Waals surface area contributed by atoms with Gasteiger partial charge in [0, 0.05) is 6.04 Å². The third kappa shape index (κ3) is 2.61. The first-order chi connectivity index (χ1) is 8.26. The largest absolute Gasteiger partial charge is 0.497 e. The molecule has 0 aliphatic heterocycles. The number of hydrazine groups is 1. The van der Waals surface area contributed by atoms with Gasteiger partial charge in [0.05, 0.1) is 7.11 Å². The van der Waals surface area contributed by atoms with Crippen molar-refractivity contribution in [3.05, 3.63) is 29.8 Å². The number of hydrogen-bond acceptors (Lipinski definition) is 3. The molecule has 0 amide bonds. The predicted molar refractivity (Wildman–Crippen MR) is 69.6 cm³/mol. The van der Waals surface area contributed by atoms with Gasteiger partial charge in [-0.25, -0.2) is 0 Å². The molecule has 94 valence electrons. The van der Waals surface area contributed by atoms with E-state index in [0.717, 1.165) is 11.7 Å². The summed E-state index contributed by atoms with van der Waals surface area (Å²) >= 11 is 0. The summed E-state index contributed by atoms with van der Waals surface area (Å²) in [5.41, 5.74) is 4.24. The lowest BCUT2D eigenvalue weighted by Crippen LogP contribution is -2.34. The lowest BCUT2D eigenvalue weighted by molar-refractivity contribution is 0.304. The van der Waals surface area contributed by atoms with Crippen molar-refractivity contribution in [2.75, 3.05) is 7.11 Å². The molecule has 3 heteroatoms. The standard InChI is InChI=1S/C14H22N2O/c1-10-4-3-5-13(10)14(16-15)11-6-8-12(17-2)9-7-11/h6-10,13-14,16H,3-5,15H2,1-2H3. The van der Waals surface area contributed by atoms with Gasteiger partial charge < -0.3 is 4.74 Å². The zero-order valence-electron chi connectivity index (χ0n) is 10.6. The normalized spacial score (nSPS) is 25.8. The smallest absolute Gasteiger partial charge is 0.118 e. The van der Waals surface area contributed by atoms with E-state index in [2.05, 4.69) is 24.5 Å². The second-order valence-corrected chi connectivity index (χ2v) is 4.99. The number of rotatable bonds is 4. The van der Waals surface area contributed by atoms with Crippen molar-refractivity contribution in [3.8, 4) is 5.75 Å². The number of methoxy groups -OCH3 is 1. The average Bonchev–Trinajstić information content (AvgIpc) is 2.78. The molecule has 3 atom stereocenters. The van der Waals surface area contributed by atoms with Crippen LogP contribution >= 0.6 is 0 Å². The molecule has 0 spiro atoms. The van der Waals surface area contributed by atoms with Gasteiger partial charge in [-0.1, -0.05) is 31.9 Å². The fourth-order valence-corrected chi connectivity index (χ4v) is 2.95. The molecule has 1 fully saturated rings. The predicted octanol–water partition coefficient (Wildman–Crippen LogP) is 2.64. The number of benzene rings is 1. The summed E-state index contributed by atoms with van der Waals surface area (Å²) in [4.78, 5) is 0. The van der Waals surface area contributed by atoms with Crippen LogP contribution in [0, 0.1) is 11.8 Å². The second kappa shape index (κ2) is 5.52. The highest BCUT2D eigenvalue weighted by Gasteiger charge is 2.31. The zero-order chi connectivity index (χ0) is 12.3. The Morgan fingerprint density at radius 1 is 1.29 bits per heavy atom. The van der Waals surface area contributed by atoms with Crippen LogP contribution in [-0.2, 0) is 0 Å². The Morgan fingerprint density at radius 3 is 2.47 bits per heavy atom. The van der Waals surface area contributed by atoms with Crippen molar-refractivity contribution in [2.45, 2.75) is 32.2 Å². The van der Waals surface area contributed by atoms with Crippen molar-refractivity contribution in [1.29, 1.82) is 0 Å². The Bertz CT molecular complexity index is 350. The quantitative estimate of drug-likeness (QED) is 0.622. The molecule has 3 N–H and O–H groups in total. The molecule has 0 aromatic heterocycles. The van der Waals surface area contributed by atoms with E-state index >= 15 is 0 Å². The van der Waals surface area contributed by atoms with E-state index in [1.165, 1.54) is 24.8 Å². The topological polar surface area (TPSA) is 47.3 Å². The van der Waals surface area contributed by atoms with Crippen LogP contribution in [0.2, 0.25) is 0 Å². The van der Waals surface area contributed by atoms with Crippen LogP contribution in [-0.4, -0.2) is 7.11 Å². The minimum atomic E-state index is 0.262. The summed E-state index contributed by atoms with van der Waals surface area (Å²) in [6.07, 6.45) is 3.90. The van der Waals surface area contributed by atoms with Gasteiger partial charge in [-0.3, -0.25) is 11.3 Å². The molecule has 0 radical (unpaired) electrons. The van der Waals surface area contributed by atoms with Crippen LogP contribution in [0.15, 0.2) is 24.3 Å². The molecule has 0 heterocycles. The van der Waals surface area contributed by atoms with E-state index in [0.29, 0.717) is 5.92 Å². The number of nitrogens with one attached hydrogen (secondary N) is 1. The van der Waals surface area contributed by atoms with Crippen LogP contribution < -0.4 is 16.0 Å². The van der Waals surface area contributed by atoms with Crippen LogP contribution in [0.25, 0.3) is 0 Å². The summed E-state index contributed by atoms with van der Waals surface area (Å²) in [5, 5.41) is 0. The third-order valence-corrected chi connectivity index (χ3v) is 4.01. The highest BCUT2D eigenvalue weighted by Crippen LogP contribution is 2.39. The van der Waals surface area contributed by atoms with Gasteiger partial charge in [0.25, 0.3) is 0 Å². The monoisotopic (exact) mass is 234 g/mol. The van der Waals surface area contributed by atoms with E-state index in [1.807, 2.05) is 12.1 Å². The third-order valence-electron chi connectivity index (χ3n) is 4.01. The maximum atomic E-state index is 5.74. The van der Waals surface area contributed by atoms with E-state index < -0.39 is 0 Å². The second-order valence-electron chi connectivity index (χ2n) is 4.99.